The molecule has 1 aliphatic heterocycles. The fourth-order valence-corrected chi connectivity index (χ4v) is 3.46. The second kappa shape index (κ2) is 6.59. The van der Waals surface area contributed by atoms with Gasteiger partial charge in [-0.05, 0) is 42.8 Å². The summed E-state index contributed by atoms with van der Waals surface area (Å²) in [5.74, 6) is 0.714. The zero-order valence-electron chi connectivity index (χ0n) is 14.8. The molecule has 5 nitrogen and oxygen atoms in total. The highest BCUT2D eigenvalue weighted by Crippen LogP contribution is 2.32. The molecular formula is C21H21N3O2. The van der Waals surface area contributed by atoms with Gasteiger partial charge in [0.2, 0.25) is 0 Å². The second-order valence-electron chi connectivity index (χ2n) is 6.40. The van der Waals surface area contributed by atoms with Gasteiger partial charge >= 0.3 is 6.03 Å². The summed E-state index contributed by atoms with van der Waals surface area (Å²) in [4.78, 5) is 14.9. The van der Waals surface area contributed by atoms with Crippen LogP contribution in [0.3, 0.4) is 0 Å². The van der Waals surface area contributed by atoms with Crippen LogP contribution in [0, 0.1) is 0 Å². The predicted octanol–water partition coefficient (Wildman–Crippen LogP) is 4.59. The third kappa shape index (κ3) is 2.81. The van der Waals surface area contributed by atoms with Crippen LogP contribution in [0.5, 0.6) is 5.75 Å². The zero-order chi connectivity index (χ0) is 18.1. The average molecular weight is 347 g/mol. The number of fused-ring (bicyclic) bond motifs is 3. The average Bonchev–Trinajstić information content (AvgIpc) is 3.11. The number of hydrogen-bond acceptors (Lipinski definition) is 2. The van der Waals surface area contributed by atoms with Crippen molar-refractivity contribution >= 4 is 11.7 Å². The molecule has 0 saturated carbocycles. The van der Waals surface area contributed by atoms with Crippen LogP contribution in [0.4, 0.5) is 10.5 Å². The minimum Gasteiger partial charge on any atom is -0.497 e. The number of carbonyl (C=O) groups excluding carboxylic acids is 1. The Balaban J connectivity index is 1.67. The molecule has 26 heavy (non-hydrogen) atoms. The summed E-state index contributed by atoms with van der Waals surface area (Å²) >= 11 is 0. The van der Waals surface area contributed by atoms with Gasteiger partial charge in [0.05, 0.1) is 25.4 Å². The van der Waals surface area contributed by atoms with Crippen molar-refractivity contribution in [1.82, 2.24) is 9.47 Å². The van der Waals surface area contributed by atoms with Crippen molar-refractivity contribution in [3.05, 3.63) is 78.1 Å². The van der Waals surface area contributed by atoms with E-state index in [1.165, 1.54) is 0 Å². The normalized spacial score (nSPS) is 15.6. The van der Waals surface area contributed by atoms with E-state index in [1.807, 2.05) is 53.6 Å². The van der Waals surface area contributed by atoms with Crippen LogP contribution in [0.15, 0.2) is 66.9 Å². The van der Waals surface area contributed by atoms with Crippen molar-refractivity contribution in [2.75, 3.05) is 12.4 Å². The highest BCUT2D eigenvalue weighted by Gasteiger charge is 2.28. The number of para-hydroxylation sites is 1. The van der Waals surface area contributed by atoms with Crippen molar-refractivity contribution < 1.29 is 9.53 Å². The number of aromatic nitrogens is 1. The maximum Gasteiger partial charge on any atom is 0.322 e. The molecule has 4 rings (SSSR count). The molecule has 0 fully saturated rings. The maximum absolute atomic E-state index is 13.0. The number of nitrogens with zero attached hydrogens (tertiary/aromatic N) is 2. The predicted molar refractivity (Wildman–Crippen MR) is 102 cm³/mol. The van der Waals surface area contributed by atoms with Gasteiger partial charge in [-0.1, -0.05) is 24.3 Å². The topological polar surface area (TPSA) is 46.5 Å². The third-order valence-corrected chi connectivity index (χ3v) is 4.85. The van der Waals surface area contributed by atoms with Crippen LogP contribution in [-0.2, 0) is 6.54 Å². The molecule has 1 unspecified atom stereocenters. The van der Waals surface area contributed by atoms with Crippen molar-refractivity contribution in [2.45, 2.75) is 19.5 Å². The van der Waals surface area contributed by atoms with Crippen molar-refractivity contribution in [3.8, 4) is 11.4 Å². The number of hydrogen-bond donors (Lipinski definition) is 1. The lowest BCUT2D eigenvalue weighted by Crippen LogP contribution is -2.36. The quantitative estimate of drug-likeness (QED) is 0.737. The van der Waals surface area contributed by atoms with Crippen LogP contribution < -0.4 is 10.1 Å². The number of carbonyl (C=O) groups is 1. The first-order chi connectivity index (χ1) is 12.7. The molecule has 2 aromatic carbocycles. The molecule has 132 valence electrons. The fraction of sp³-hybridized carbons (Fsp3) is 0.190. The number of nitrogens with one attached hydrogen (secondary N) is 1. The number of anilines is 1. The van der Waals surface area contributed by atoms with E-state index in [2.05, 4.69) is 35.0 Å². The Morgan fingerprint density at radius 1 is 1.12 bits per heavy atom. The molecule has 1 atom stereocenters. The van der Waals surface area contributed by atoms with E-state index in [4.69, 9.17) is 4.74 Å². The zero-order valence-corrected chi connectivity index (χ0v) is 14.8. The van der Waals surface area contributed by atoms with E-state index in [0.717, 1.165) is 22.6 Å². The first-order valence-corrected chi connectivity index (χ1v) is 8.64. The number of urea groups is 1. The van der Waals surface area contributed by atoms with Crippen LogP contribution >= 0.6 is 0 Å². The number of ether oxygens (including phenoxy) is 1. The van der Waals surface area contributed by atoms with Gasteiger partial charge in [0.15, 0.2) is 0 Å². The molecular weight excluding hydrogens is 326 g/mol. The van der Waals surface area contributed by atoms with E-state index in [-0.39, 0.29) is 12.1 Å². The summed E-state index contributed by atoms with van der Waals surface area (Å²) in [6.07, 6.45) is 2.05. The fourth-order valence-electron chi connectivity index (χ4n) is 3.46. The Morgan fingerprint density at radius 2 is 1.96 bits per heavy atom. The summed E-state index contributed by atoms with van der Waals surface area (Å²) < 4.78 is 7.40. The molecule has 0 aliphatic carbocycles. The molecule has 0 radical (unpaired) electrons. The van der Waals surface area contributed by atoms with E-state index < -0.39 is 0 Å². The lowest BCUT2D eigenvalue weighted by atomic mass is 10.1. The van der Waals surface area contributed by atoms with Crippen LogP contribution in [0.25, 0.3) is 5.69 Å². The van der Waals surface area contributed by atoms with Gasteiger partial charge in [-0.3, -0.25) is 0 Å². The summed E-state index contributed by atoms with van der Waals surface area (Å²) in [5, 5.41) is 3.00. The molecule has 0 spiro atoms. The summed E-state index contributed by atoms with van der Waals surface area (Å²) in [5.41, 5.74) is 4.05. The third-order valence-electron chi connectivity index (χ3n) is 4.85. The summed E-state index contributed by atoms with van der Waals surface area (Å²) in [7, 11) is 1.61. The Kier molecular flexibility index (Phi) is 4.13. The van der Waals surface area contributed by atoms with Crippen LogP contribution in [0.2, 0.25) is 0 Å². The van der Waals surface area contributed by atoms with Crippen molar-refractivity contribution in [3.63, 3.8) is 0 Å². The molecule has 0 saturated heterocycles. The van der Waals surface area contributed by atoms with Gasteiger partial charge in [0, 0.05) is 23.6 Å². The van der Waals surface area contributed by atoms with E-state index in [0.29, 0.717) is 12.3 Å². The Labute approximate surface area is 152 Å². The smallest absolute Gasteiger partial charge is 0.322 e. The SMILES string of the molecule is COc1cccc(NC(=O)N2Cc3ccccc3-n3cccc3C2C)c1. The van der Waals surface area contributed by atoms with Gasteiger partial charge in [0.25, 0.3) is 0 Å². The molecule has 1 aliphatic rings. The number of amides is 2. The Hall–Kier alpha value is -3.21. The highest BCUT2D eigenvalue weighted by molar-refractivity contribution is 5.90. The summed E-state index contributed by atoms with van der Waals surface area (Å²) in [6.45, 7) is 2.61. The largest absolute Gasteiger partial charge is 0.497 e. The molecule has 1 N–H and O–H groups in total. The van der Waals surface area contributed by atoms with E-state index >= 15 is 0 Å². The van der Waals surface area contributed by atoms with Crippen molar-refractivity contribution in [1.29, 1.82) is 0 Å². The maximum atomic E-state index is 13.0. The molecule has 2 heterocycles. The number of rotatable bonds is 2. The van der Waals surface area contributed by atoms with Gasteiger partial charge in [0.1, 0.15) is 5.75 Å². The molecule has 3 aromatic rings. The summed E-state index contributed by atoms with van der Waals surface area (Å²) in [6, 6.07) is 19.5. The second-order valence-corrected chi connectivity index (χ2v) is 6.40. The first kappa shape index (κ1) is 16.3. The molecule has 5 heteroatoms. The van der Waals surface area contributed by atoms with Crippen molar-refractivity contribution in [2.24, 2.45) is 0 Å². The highest BCUT2D eigenvalue weighted by atomic mass is 16.5. The minimum atomic E-state index is -0.129. The van der Waals surface area contributed by atoms with Gasteiger partial charge in [-0.2, -0.15) is 0 Å². The lowest BCUT2D eigenvalue weighted by Gasteiger charge is -2.27. The van der Waals surface area contributed by atoms with E-state index in [9.17, 15) is 4.79 Å². The molecule has 0 bridgehead atoms. The van der Waals surface area contributed by atoms with Crippen LogP contribution in [-0.4, -0.2) is 22.6 Å². The Morgan fingerprint density at radius 3 is 2.81 bits per heavy atom. The number of methoxy groups -OCH3 is 1. The first-order valence-electron chi connectivity index (χ1n) is 8.64. The Bertz CT molecular complexity index is 948. The van der Waals surface area contributed by atoms with Gasteiger partial charge in [-0.15, -0.1) is 0 Å². The van der Waals surface area contributed by atoms with E-state index in [1.54, 1.807) is 7.11 Å². The van der Waals surface area contributed by atoms with Gasteiger partial charge < -0.3 is 19.5 Å². The standard InChI is InChI=1S/C21H21N3O2/c1-15-19-11-6-12-23(19)20-10-4-3-7-16(20)14-24(15)21(25)22-17-8-5-9-18(13-17)26-2/h3-13,15H,14H2,1-2H3,(H,22,25). The van der Waals surface area contributed by atoms with Gasteiger partial charge in [-0.25, -0.2) is 4.79 Å². The molecule has 2 amide bonds. The monoisotopic (exact) mass is 347 g/mol. The minimum absolute atomic E-state index is 0.0528. The van der Waals surface area contributed by atoms with Crippen LogP contribution in [0.1, 0.15) is 24.2 Å². The lowest BCUT2D eigenvalue weighted by molar-refractivity contribution is 0.189. The molecule has 1 aromatic heterocycles. The number of benzene rings is 2.